The lowest BCUT2D eigenvalue weighted by atomic mass is 9.93. The first-order valence-corrected chi connectivity index (χ1v) is 15.0. The van der Waals surface area contributed by atoms with Gasteiger partial charge in [0, 0.05) is 43.9 Å². The number of hydrogen-bond acceptors (Lipinski definition) is 10. The number of thiazole rings is 1. The highest BCUT2D eigenvalue weighted by atomic mass is 32.1. The summed E-state index contributed by atoms with van der Waals surface area (Å²) in [6.07, 6.45) is 1.75. The van der Waals surface area contributed by atoms with Gasteiger partial charge >= 0.3 is 5.97 Å². The van der Waals surface area contributed by atoms with Gasteiger partial charge in [0.2, 0.25) is 6.79 Å². The minimum Gasteiger partial charge on any atom is -0.463 e. The van der Waals surface area contributed by atoms with Crippen molar-refractivity contribution in [2.24, 2.45) is 4.99 Å². The molecule has 2 aromatic carbocycles. The molecule has 0 saturated carbocycles. The predicted octanol–water partition coefficient (Wildman–Crippen LogP) is 3.01. The number of likely N-dealkylation sites (N-methyl/N-ethyl adjacent to an activating group) is 1. The number of anilines is 1. The minimum absolute atomic E-state index is 0.108. The van der Waals surface area contributed by atoms with E-state index in [1.165, 1.54) is 11.3 Å². The van der Waals surface area contributed by atoms with Gasteiger partial charge in [-0.1, -0.05) is 47.7 Å². The van der Waals surface area contributed by atoms with Crippen LogP contribution >= 0.6 is 11.3 Å². The molecule has 0 aliphatic carbocycles. The Balaban J connectivity index is 1.39. The Labute approximate surface area is 251 Å². The van der Waals surface area contributed by atoms with Crippen LogP contribution in [0.25, 0.3) is 11.8 Å². The molecular formula is C32H30N4O6S. The fourth-order valence-electron chi connectivity index (χ4n) is 5.58. The summed E-state index contributed by atoms with van der Waals surface area (Å²) < 4.78 is 24.9. The fraction of sp³-hybridized carbons (Fsp3) is 0.281. The van der Waals surface area contributed by atoms with Crippen molar-refractivity contribution in [2.45, 2.75) is 13.0 Å². The Morgan fingerprint density at radius 1 is 1.05 bits per heavy atom. The molecule has 0 N–H and O–H groups in total. The van der Waals surface area contributed by atoms with E-state index in [0.29, 0.717) is 37.9 Å². The van der Waals surface area contributed by atoms with Gasteiger partial charge < -0.3 is 28.4 Å². The molecule has 5 heterocycles. The van der Waals surface area contributed by atoms with E-state index in [4.69, 9.17) is 23.6 Å². The van der Waals surface area contributed by atoms with Crippen LogP contribution in [-0.2, 0) is 9.53 Å². The molecule has 1 atom stereocenters. The summed E-state index contributed by atoms with van der Waals surface area (Å²) in [5.41, 5.74) is 1.89. The van der Waals surface area contributed by atoms with Gasteiger partial charge in [-0.3, -0.25) is 9.36 Å². The zero-order valence-corrected chi connectivity index (χ0v) is 24.6. The number of aromatic nitrogens is 1. The number of hydrogen-bond donors (Lipinski definition) is 0. The van der Waals surface area contributed by atoms with Gasteiger partial charge in [0.25, 0.3) is 5.56 Å². The minimum atomic E-state index is -0.806. The van der Waals surface area contributed by atoms with Crippen LogP contribution in [0, 0.1) is 0 Å². The second kappa shape index (κ2) is 11.2. The molecule has 3 aliphatic rings. The maximum Gasteiger partial charge on any atom is 0.338 e. The lowest BCUT2D eigenvalue weighted by molar-refractivity contribution is -0.138. The summed E-state index contributed by atoms with van der Waals surface area (Å²) in [7, 11) is 2.11. The van der Waals surface area contributed by atoms with Crippen LogP contribution in [0.2, 0.25) is 0 Å². The van der Waals surface area contributed by atoms with E-state index in [2.05, 4.69) is 16.8 Å². The van der Waals surface area contributed by atoms with Crippen LogP contribution < -0.4 is 29.3 Å². The predicted molar refractivity (Wildman–Crippen MR) is 162 cm³/mol. The summed E-state index contributed by atoms with van der Waals surface area (Å²) >= 11 is 1.26. The molecule has 220 valence electrons. The first-order valence-electron chi connectivity index (χ1n) is 14.2. The van der Waals surface area contributed by atoms with Gasteiger partial charge in [-0.15, -0.1) is 0 Å². The summed E-state index contributed by atoms with van der Waals surface area (Å²) in [6.45, 7) is 5.71. The van der Waals surface area contributed by atoms with Gasteiger partial charge in [0.15, 0.2) is 22.2 Å². The van der Waals surface area contributed by atoms with Crippen LogP contribution in [0.5, 0.6) is 11.5 Å². The van der Waals surface area contributed by atoms with Gasteiger partial charge in [-0.05, 0) is 37.7 Å². The molecular weight excluding hydrogens is 568 g/mol. The van der Waals surface area contributed by atoms with E-state index >= 15 is 0 Å². The van der Waals surface area contributed by atoms with Crippen LogP contribution in [0.3, 0.4) is 0 Å². The average Bonchev–Trinajstić information content (AvgIpc) is 3.76. The highest BCUT2D eigenvalue weighted by molar-refractivity contribution is 7.07. The smallest absolute Gasteiger partial charge is 0.338 e. The molecule has 0 spiro atoms. The lowest BCUT2D eigenvalue weighted by Gasteiger charge is -2.32. The van der Waals surface area contributed by atoms with E-state index in [1.54, 1.807) is 23.6 Å². The number of piperazine rings is 1. The Hall–Kier alpha value is -4.61. The standard InChI is InChI=1S/C32H30N4O6S/c1-3-39-31(38)27-28(20-7-5-4-6-8-20)33-32-36(29(27)21-9-11-23-24(17-21)41-19-40-23)30(37)25(43-32)18-22-10-12-26(42-22)35-15-13-34(2)14-16-35/h4-12,17-18,29H,3,13-16,19H2,1-2H3/t29-/m0/s1. The van der Waals surface area contributed by atoms with Crippen molar-refractivity contribution in [1.82, 2.24) is 9.47 Å². The summed E-state index contributed by atoms with van der Waals surface area (Å²) in [6, 6.07) is 17.9. The van der Waals surface area contributed by atoms with Gasteiger partial charge in [-0.25, -0.2) is 9.79 Å². The summed E-state index contributed by atoms with van der Waals surface area (Å²) in [5.74, 6) is 1.97. The van der Waals surface area contributed by atoms with Crippen molar-refractivity contribution in [3.63, 3.8) is 0 Å². The fourth-order valence-corrected chi connectivity index (χ4v) is 6.57. The quantitative estimate of drug-likeness (QED) is 0.313. The maximum absolute atomic E-state index is 14.1. The van der Waals surface area contributed by atoms with E-state index in [0.717, 1.165) is 37.6 Å². The number of nitrogens with zero attached hydrogens (tertiary/aromatic N) is 4. The van der Waals surface area contributed by atoms with E-state index in [-0.39, 0.29) is 24.5 Å². The number of ether oxygens (including phenoxy) is 3. The lowest BCUT2D eigenvalue weighted by Crippen LogP contribution is -2.44. The molecule has 3 aliphatic heterocycles. The van der Waals surface area contributed by atoms with E-state index in [1.807, 2.05) is 54.6 Å². The van der Waals surface area contributed by atoms with Gasteiger partial charge in [0.05, 0.1) is 28.5 Å². The van der Waals surface area contributed by atoms with Crippen molar-refractivity contribution in [1.29, 1.82) is 0 Å². The maximum atomic E-state index is 14.1. The molecule has 11 heteroatoms. The Bertz CT molecular complexity index is 1900. The highest BCUT2D eigenvalue weighted by Gasteiger charge is 2.36. The normalized spacial score (nSPS) is 18.5. The Morgan fingerprint density at radius 3 is 2.63 bits per heavy atom. The first-order chi connectivity index (χ1) is 21.0. The van der Waals surface area contributed by atoms with E-state index in [9.17, 15) is 9.59 Å². The van der Waals surface area contributed by atoms with Crippen molar-refractivity contribution in [3.05, 3.63) is 103 Å². The van der Waals surface area contributed by atoms with Crippen molar-refractivity contribution in [2.75, 3.05) is 51.5 Å². The molecule has 4 aromatic rings. The van der Waals surface area contributed by atoms with Crippen molar-refractivity contribution in [3.8, 4) is 11.5 Å². The molecule has 10 nitrogen and oxygen atoms in total. The molecule has 0 unspecified atom stereocenters. The van der Waals surface area contributed by atoms with Crippen molar-refractivity contribution >= 4 is 35.0 Å². The molecule has 1 fully saturated rings. The van der Waals surface area contributed by atoms with Gasteiger partial charge in [-0.2, -0.15) is 0 Å². The van der Waals surface area contributed by atoms with Crippen LogP contribution in [0.1, 0.15) is 29.9 Å². The van der Waals surface area contributed by atoms with Crippen LogP contribution in [0.4, 0.5) is 5.88 Å². The summed E-state index contributed by atoms with van der Waals surface area (Å²) in [5, 5.41) is 0. The monoisotopic (exact) mass is 598 g/mol. The number of furan rings is 1. The van der Waals surface area contributed by atoms with Crippen LogP contribution in [0.15, 0.2) is 80.4 Å². The van der Waals surface area contributed by atoms with Gasteiger partial charge in [0.1, 0.15) is 5.76 Å². The average molecular weight is 599 g/mol. The third-order valence-corrected chi connectivity index (χ3v) is 8.77. The zero-order chi connectivity index (χ0) is 29.5. The third-order valence-electron chi connectivity index (χ3n) is 7.79. The molecule has 43 heavy (non-hydrogen) atoms. The number of carbonyl (C=O) groups is 1. The SMILES string of the molecule is CCOC(=O)C1=C(c2ccccc2)N=c2sc(=Cc3ccc(N4CCN(C)CC4)o3)c(=O)n2[C@H]1c1ccc2c(c1)OCO2. The number of rotatable bonds is 6. The number of fused-ring (bicyclic) bond motifs is 2. The molecule has 0 bridgehead atoms. The molecule has 1 saturated heterocycles. The molecule has 0 amide bonds. The molecule has 0 radical (unpaired) electrons. The molecule has 2 aromatic heterocycles. The second-order valence-electron chi connectivity index (χ2n) is 10.5. The second-order valence-corrected chi connectivity index (χ2v) is 11.5. The first kappa shape index (κ1) is 27.2. The van der Waals surface area contributed by atoms with Crippen molar-refractivity contribution < 1.29 is 23.4 Å². The third kappa shape index (κ3) is 5.04. The van der Waals surface area contributed by atoms with Crippen LogP contribution in [-0.4, -0.2) is 62.1 Å². The zero-order valence-electron chi connectivity index (χ0n) is 23.8. The number of esters is 1. The topological polar surface area (TPSA) is 98.7 Å². The van der Waals surface area contributed by atoms with E-state index < -0.39 is 12.0 Å². The largest absolute Gasteiger partial charge is 0.463 e. The summed E-state index contributed by atoms with van der Waals surface area (Å²) in [4.78, 5) is 37.7. The highest BCUT2D eigenvalue weighted by Crippen LogP contribution is 2.40. The number of benzene rings is 2. The molecule has 7 rings (SSSR count). The number of carbonyl (C=O) groups excluding carboxylic acids is 1. The Kier molecular flexibility index (Phi) is 7.12. The Morgan fingerprint density at radius 2 is 1.84 bits per heavy atom.